The number of benzene rings is 2. The van der Waals surface area contributed by atoms with Crippen LogP contribution in [-0.2, 0) is 11.3 Å². The predicted molar refractivity (Wildman–Crippen MR) is 108 cm³/mol. The fraction of sp³-hybridized carbons (Fsp3) is 0.167. The quantitative estimate of drug-likeness (QED) is 0.369. The van der Waals surface area contributed by atoms with Gasteiger partial charge in [0, 0.05) is 12.1 Å². The molecule has 0 saturated heterocycles. The Bertz CT molecular complexity index is 971. The highest BCUT2D eigenvalue weighted by atomic mass is 35.5. The van der Waals surface area contributed by atoms with Gasteiger partial charge in [-0.3, -0.25) is 4.79 Å². The van der Waals surface area contributed by atoms with Crippen LogP contribution in [-0.4, -0.2) is 27.4 Å². The van der Waals surface area contributed by atoms with E-state index in [1.54, 1.807) is 18.2 Å². The van der Waals surface area contributed by atoms with Crippen molar-refractivity contribution >= 4 is 58.1 Å². The molecule has 0 saturated carbocycles. The predicted octanol–water partition coefficient (Wildman–Crippen LogP) is 4.61. The SMILES string of the molecule is CCn1c(SCC(=O)N/N=C/c2cccc(Cl)c2Cl)nc2ccccc21. The lowest BCUT2D eigenvalue weighted by molar-refractivity contribution is -0.118. The van der Waals surface area contributed by atoms with Crippen molar-refractivity contribution in [3.63, 3.8) is 0 Å². The van der Waals surface area contributed by atoms with Gasteiger partial charge in [-0.25, -0.2) is 10.4 Å². The van der Waals surface area contributed by atoms with E-state index in [4.69, 9.17) is 23.2 Å². The Morgan fingerprint density at radius 3 is 2.88 bits per heavy atom. The molecule has 0 aliphatic rings. The maximum absolute atomic E-state index is 12.0. The Morgan fingerprint density at radius 2 is 2.08 bits per heavy atom. The fourth-order valence-corrected chi connectivity index (χ4v) is 3.65. The van der Waals surface area contributed by atoms with Gasteiger partial charge in [0.2, 0.25) is 0 Å². The first-order valence-electron chi connectivity index (χ1n) is 7.94. The van der Waals surface area contributed by atoms with E-state index in [9.17, 15) is 4.79 Å². The van der Waals surface area contributed by atoms with Crippen LogP contribution >= 0.6 is 35.0 Å². The number of nitrogens with zero attached hydrogens (tertiary/aromatic N) is 3. The van der Waals surface area contributed by atoms with Crippen LogP contribution in [0, 0.1) is 0 Å². The summed E-state index contributed by atoms with van der Waals surface area (Å²) in [4.78, 5) is 16.6. The third-order valence-electron chi connectivity index (χ3n) is 3.64. The van der Waals surface area contributed by atoms with Gasteiger partial charge in [0.15, 0.2) is 5.16 Å². The molecule has 0 radical (unpaired) electrons. The molecule has 1 amide bonds. The second-order valence-electron chi connectivity index (χ2n) is 5.35. The number of carbonyl (C=O) groups excluding carboxylic acids is 1. The number of amides is 1. The van der Waals surface area contributed by atoms with E-state index in [0.29, 0.717) is 15.6 Å². The van der Waals surface area contributed by atoms with E-state index < -0.39 is 0 Å². The highest BCUT2D eigenvalue weighted by Gasteiger charge is 2.11. The maximum atomic E-state index is 12.0. The van der Waals surface area contributed by atoms with Crippen LogP contribution in [0.1, 0.15) is 12.5 Å². The molecule has 1 N–H and O–H groups in total. The molecular formula is C18H16Cl2N4OS. The van der Waals surface area contributed by atoms with Gasteiger partial charge in [-0.2, -0.15) is 5.10 Å². The second kappa shape index (κ2) is 8.58. The number of imidazole rings is 1. The molecule has 8 heteroatoms. The summed E-state index contributed by atoms with van der Waals surface area (Å²) in [5, 5.41) is 5.59. The van der Waals surface area contributed by atoms with E-state index in [1.807, 2.05) is 24.3 Å². The molecule has 1 aromatic heterocycles. The number of fused-ring (bicyclic) bond motifs is 1. The number of para-hydroxylation sites is 2. The molecule has 134 valence electrons. The molecular weight excluding hydrogens is 391 g/mol. The molecule has 0 aliphatic heterocycles. The molecule has 0 bridgehead atoms. The molecule has 0 unspecified atom stereocenters. The van der Waals surface area contributed by atoms with Gasteiger partial charge in [0.1, 0.15) is 0 Å². The number of thioether (sulfide) groups is 1. The second-order valence-corrected chi connectivity index (χ2v) is 7.08. The van der Waals surface area contributed by atoms with Gasteiger partial charge < -0.3 is 4.57 Å². The lowest BCUT2D eigenvalue weighted by Gasteiger charge is -2.05. The van der Waals surface area contributed by atoms with E-state index >= 15 is 0 Å². The first-order chi connectivity index (χ1) is 12.6. The molecule has 0 spiro atoms. The van der Waals surface area contributed by atoms with Crippen molar-refractivity contribution in [3.05, 3.63) is 58.1 Å². The topological polar surface area (TPSA) is 59.3 Å². The molecule has 0 atom stereocenters. The summed E-state index contributed by atoms with van der Waals surface area (Å²) in [6, 6.07) is 13.1. The Morgan fingerprint density at radius 1 is 1.27 bits per heavy atom. The van der Waals surface area contributed by atoms with Crippen LogP contribution in [0.3, 0.4) is 0 Å². The summed E-state index contributed by atoms with van der Waals surface area (Å²) in [6.07, 6.45) is 1.47. The van der Waals surface area contributed by atoms with Gasteiger partial charge in [-0.15, -0.1) is 0 Å². The van der Waals surface area contributed by atoms with Crippen LogP contribution < -0.4 is 5.43 Å². The zero-order chi connectivity index (χ0) is 18.5. The number of nitrogens with one attached hydrogen (secondary N) is 1. The normalized spacial score (nSPS) is 11.3. The van der Waals surface area contributed by atoms with Gasteiger partial charge in [0.25, 0.3) is 5.91 Å². The smallest absolute Gasteiger partial charge is 0.250 e. The maximum Gasteiger partial charge on any atom is 0.250 e. The van der Waals surface area contributed by atoms with Crippen molar-refractivity contribution in [2.45, 2.75) is 18.6 Å². The van der Waals surface area contributed by atoms with Gasteiger partial charge >= 0.3 is 0 Å². The van der Waals surface area contributed by atoms with Crippen molar-refractivity contribution in [3.8, 4) is 0 Å². The fourth-order valence-electron chi connectivity index (χ4n) is 2.43. The van der Waals surface area contributed by atoms with Crippen molar-refractivity contribution in [1.82, 2.24) is 15.0 Å². The molecule has 0 aliphatic carbocycles. The Hall–Kier alpha value is -2.02. The molecule has 3 aromatic rings. The van der Waals surface area contributed by atoms with E-state index in [-0.39, 0.29) is 11.7 Å². The van der Waals surface area contributed by atoms with E-state index in [1.165, 1.54) is 18.0 Å². The molecule has 3 rings (SSSR count). The Labute approximate surface area is 165 Å². The summed E-state index contributed by atoms with van der Waals surface area (Å²) in [5.41, 5.74) is 5.11. The standard InChI is InChI=1S/C18H16Cl2N4OS/c1-2-24-15-9-4-3-8-14(15)22-18(24)26-11-16(25)23-21-10-12-6-5-7-13(19)17(12)20/h3-10H,2,11H2,1H3,(H,23,25)/b21-10+. The van der Waals surface area contributed by atoms with Crippen LogP contribution in [0.25, 0.3) is 11.0 Å². The average Bonchev–Trinajstić information content (AvgIpc) is 3.01. The average molecular weight is 407 g/mol. The highest BCUT2D eigenvalue weighted by Crippen LogP contribution is 2.25. The van der Waals surface area contributed by atoms with Crippen molar-refractivity contribution in [2.24, 2.45) is 5.10 Å². The number of aromatic nitrogens is 2. The highest BCUT2D eigenvalue weighted by molar-refractivity contribution is 7.99. The third kappa shape index (κ3) is 4.20. The molecule has 26 heavy (non-hydrogen) atoms. The summed E-state index contributed by atoms with van der Waals surface area (Å²) < 4.78 is 2.09. The van der Waals surface area contributed by atoms with Gasteiger partial charge in [0.05, 0.1) is 33.0 Å². The number of hydrogen-bond acceptors (Lipinski definition) is 4. The summed E-state index contributed by atoms with van der Waals surface area (Å²) in [7, 11) is 0. The first kappa shape index (κ1) is 18.8. The number of rotatable bonds is 6. The van der Waals surface area contributed by atoms with Crippen molar-refractivity contribution < 1.29 is 4.79 Å². The number of aryl methyl sites for hydroxylation is 1. The Kier molecular flexibility index (Phi) is 6.19. The van der Waals surface area contributed by atoms with Crippen molar-refractivity contribution in [1.29, 1.82) is 0 Å². The number of hydrogen-bond donors (Lipinski definition) is 1. The van der Waals surface area contributed by atoms with Crippen LogP contribution in [0.5, 0.6) is 0 Å². The van der Waals surface area contributed by atoms with Crippen LogP contribution in [0.4, 0.5) is 0 Å². The molecule has 2 aromatic carbocycles. The number of halogens is 2. The van der Waals surface area contributed by atoms with Crippen LogP contribution in [0.2, 0.25) is 10.0 Å². The Balaban J connectivity index is 1.61. The summed E-state index contributed by atoms with van der Waals surface area (Å²) in [5.74, 6) is -0.0108. The third-order valence-corrected chi connectivity index (χ3v) is 5.45. The minimum atomic E-state index is -0.223. The lowest BCUT2D eigenvalue weighted by Crippen LogP contribution is -2.20. The molecule has 1 heterocycles. The lowest BCUT2D eigenvalue weighted by atomic mass is 10.2. The zero-order valence-electron chi connectivity index (χ0n) is 13.9. The van der Waals surface area contributed by atoms with E-state index in [0.717, 1.165) is 22.7 Å². The molecule has 5 nitrogen and oxygen atoms in total. The first-order valence-corrected chi connectivity index (χ1v) is 9.68. The van der Waals surface area contributed by atoms with E-state index in [2.05, 4.69) is 27.0 Å². The van der Waals surface area contributed by atoms with Crippen molar-refractivity contribution in [2.75, 3.05) is 5.75 Å². The minimum Gasteiger partial charge on any atom is -0.319 e. The largest absolute Gasteiger partial charge is 0.319 e. The monoisotopic (exact) mass is 406 g/mol. The van der Waals surface area contributed by atoms with Gasteiger partial charge in [-0.05, 0) is 25.1 Å². The minimum absolute atomic E-state index is 0.212. The summed E-state index contributed by atoms with van der Waals surface area (Å²) in [6.45, 7) is 2.84. The summed E-state index contributed by atoms with van der Waals surface area (Å²) >= 11 is 13.4. The zero-order valence-corrected chi connectivity index (χ0v) is 16.3. The molecule has 0 fully saturated rings. The van der Waals surface area contributed by atoms with Crippen LogP contribution in [0.15, 0.2) is 52.7 Å². The van der Waals surface area contributed by atoms with Gasteiger partial charge in [-0.1, -0.05) is 59.2 Å². The number of hydrazone groups is 1. The number of carbonyl (C=O) groups is 1.